The van der Waals surface area contributed by atoms with Gasteiger partial charge in [0.1, 0.15) is 0 Å². The summed E-state index contributed by atoms with van der Waals surface area (Å²) >= 11 is 3.91. The van der Waals surface area contributed by atoms with Gasteiger partial charge in [-0.2, -0.15) is 12.6 Å². The Morgan fingerprint density at radius 3 is 2.43 bits per heavy atom. The van der Waals surface area contributed by atoms with Crippen LogP contribution in [0.25, 0.3) is 0 Å². The van der Waals surface area contributed by atoms with E-state index in [0.29, 0.717) is 4.90 Å². The molecule has 1 heterocycles. The van der Waals surface area contributed by atoms with Crippen LogP contribution in [0.3, 0.4) is 0 Å². The fourth-order valence-electron chi connectivity index (χ4n) is 2.83. The quantitative estimate of drug-likeness (QED) is 0.384. The van der Waals surface area contributed by atoms with Crippen LogP contribution < -0.4 is 11.5 Å². The summed E-state index contributed by atoms with van der Waals surface area (Å²) in [4.78, 5) is 50.3. The maximum Gasteiger partial charge on any atom is 0.338 e. The molecule has 3 atom stereocenters. The normalized spacial score (nSPS) is 27.6. The summed E-state index contributed by atoms with van der Waals surface area (Å²) in [5, 5.41) is 9.76. The first-order valence-corrected chi connectivity index (χ1v) is 8.02. The predicted octanol–water partition coefficient (Wildman–Crippen LogP) is -0.842. The van der Waals surface area contributed by atoms with Crippen LogP contribution in [0.15, 0.2) is 0 Å². The smallest absolute Gasteiger partial charge is 0.338 e. The summed E-state index contributed by atoms with van der Waals surface area (Å²) in [7, 11) is 0. The third kappa shape index (κ3) is 3.26. The van der Waals surface area contributed by atoms with Crippen molar-refractivity contribution in [3.63, 3.8) is 0 Å². The van der Waals surface area contributed by atoms with E-state index in [-0.39, 0.29) is 25.0 Å². The first kappa shape index (κ1) is 19.6. The van der Waals surface area contributed by atoms with Crippen LogP contribution in [-0.2, 0) is 19.2 Å². The van der Waals surface area contributed by atoms with E-state index < -0.39 is 47.1 Å². The highest BCUT2D eigenvalue weighted by Gasteiger charge is 2.59. The van der Waals surface area contributed by atoms with Crippen molar-refractivity contribution in [2.24, 2.45) is 17.4 Å². The van der Waals surface area contributed by atoms with Crippen molar-refractivity contribution < 1.29 is 24.3 Å². The minimum absolute atomic E-state index is 0.0780. The Morgan fingerprint density at radius 2 is 2.00 bits per heavy atom. The maximum absolute atomic E-state index is 12.6. The zero-order chi connectivity index (χ0) is 17.9. The molecule has 0 radical (unpaired) electrons. The second kappa shape index (κ2) is 7.41. The van der Waals surface area contributed by atoms with E-state index >= 15 is 0 Å². The van der Waals surface area contributed by atoms with Crippen molar-refractivity contribution in [1.82, 2.24) is 4.90 Å². The van der Waals surface area contributed by atoms with Crippen molar-refractivity contribution in [3.05, 3.63) is 0 Å². The van der Waals surface area contributed by atoms with Crippen molar-refractivity contribution in [3.8, 4) is 0 Å². The van der Waals surface area contributed by atoms with Crippen LogP contribution in [0.5, 0.6) is 0 Å². The highest BCUT2D eigenvalue weighted by Crippen LogP contribution is 2.32. The van der Waals surface area contributed by atoms with Crippen LogP contribution in [0.1, 0.15) is 33.1 Å². The van der Waals surface area contributed by atoms with Gasteiger partial charge in [-0.15, -0.1) is 0 Å². The fraction of sp³-hybridized carbons (Fsp3) is 0.714. The van der Waals surface area contributed by atoms with E-state index in [1.54, 1.807) is 0 Å². The Kier molecular flexibility index (Phi) is 6.32. The number of nitrogens with two attached hydrogens (primary N) is 2. The second-order valence-electron chi connectivity index (χ2n) is 5.95. The Morgan fingerprint density at radius 1 is 1.43 bits per heavy atom. The minimum Gasteiger partial charge on any atom is -0.479 e. The number of carboxylic acid groups (broad SMARTS) is 1. The zero-order valence-electron chi connectivity index (χ0n) is 13.2. The lowest BCUT2D eigenvalue weighted by atomic mass is 9.76. The number of rotatable bonds is 4. The lowest BCUT2D eigenvalue weighted by molar-refractivity contribution is -0.176. The molecule has 0 saturated carbocycles. The Bertz CT molecular complexity index is 517. The van der Waals surface area contributed by atoms with Crippen molar-refractivity contribution in [1.29, 1.82) is 0 Å². The van der Waals surface area contributed by atoms with E-state index in [9.17, 15) is 24.3 Å². The molecule has 8 nitrogen and oxygen atoms in total. The number of nitrogens with zero attached hydrogens (tertiary/aromatic N) is 1. The van der Waals surface area contributed by atoms with E-state index in [4.69, 9.17) is 11.5 Å². The van der Waals surface area contributed by atoms with Gasteiger partial charge >= 0.3 is 5.97 Å². The molecular weight excluding hydrogens is 322 g/mol. The highest BCUT2D eigenvalue weighted by molar-refractivity contribution is 7.80. The minimum atomic E-state index is -2.30. The number of aliphatic carboxylic acids is 1. The molecule has 130 valence electrons. The molecule has 1 aliphatic heterocycles. The molecule has 1 saturated heterocycles. The molecule has 0 aromatic rings. The summed E-state index contributed by atoms with van der Waals surface area (Å²) in [6.45, 7) is 2.94. The van der Waals surface area contributed by atoms with Gasteiger partial charge in [0, 0.05) is 12.2 Å². The largest absolute Gasteiger partial charge is 0.479 e. The molecule has 2 amide bonds. The highest BCUT2D eigenvalue weighted by atomic mass is 32.1. The molecule has 0 aromatic heterocycles. The Hall–Kier alpha value is -1.45. The summed E-state index contributed by atoms with van der Waals surface area (Å²) < 4.78 is 0. The van der Waals surface area contributed by atoms with Crippen molar-refractivity contribution >= 4 is 36.2 Å². The first-order valence-electron chi connectivity index (χ1n) is 7.38. The third-order valence-electron chi connectivity index (χ3n) is 4.13. The molecule has 1 rings (SSSR count). The molecule has 1 aliphatic rings. The van der Waals surface area contributed by atoms with Gasteiger partial charge in [0.05, 0.1) is 12.1 Å². The standard InChI is InChI=1S/C14H23N3O5S/c1-7(2)14(13(21)22)10(18)5-3-4-8(15)11(19)17(14)12(20)9(16)6-23/h7-9,23H,3-6,15-16H2,1-2H3,(H,21,22)/t8?,9-,14+/m0/s1. The van der Waals surface area contributed by atoms with Gasteiger partial charge in [0.25, 0.3) is 0 Å². The second-order valence-corrected chi connectivity index (χ2v) is 6.31. The molecule has 23 heavy (non-hydrogen) atoms. The van der Waals surface area contributed by atoms with Gasteiger partial charge in [-0.25, -0.2) is 4.79 Å². The van der Waals surface area contributed by atoms with Crippen LogP contribution in [-0.4, -0.2) is 56.9 Å². The summed E-state index contributed by atoms with van der Waals surface area (Å²) in [6.07, 6.45) is 0.401. The van der Waals surface area contributed by atoms with Gasteiger partial charge in [0.2, 0.25) is 17.4 Å². The number of hydrogen-bond donors (Lipinski definition) is 4. The fourth-order valence-corrected chi connectivity index (χ4v) is 2.99. The monoisotopic (exact) mass is 345 g/mol. The number of amides is 2. The van der Waals surface area contributed by atoms with Gasteiger partial charge in [-0.1, -0.05) is 13.8 Å². The SMILES string of the molecule is CC(C)[C@]1(C(=O)O)C(=O)CCCC(N)C(=O)N1C(=O)[C@@H](N)CS. The Balaban J connectivity index is 3.62. The molecule has 9 heteroatoms. The number of hydrogen-bond acceptors (Lipinski definition) is 7. The lowest BCUT2D eigenvalue weighted by Crippen LogP contribution is -2.71. The van der Waals surface area contributed by atoms with Gasteiger partial charge in [0.15, 0.2) is 5.78 Å². The molecule has 0 bridgehead atoms. The molecule has 0 spiro atoms. The number of carbonyl (C=O) groups excluding carboxylic acids is 3. The average Bonchev–Trinajstić information content (AvgIpc) is 2.48. The van der Waals surface area contributed by atoms with E-state index in [1.165, 1.54) is 13.8 Å². The summed E-state index contributed by atoms with van der Waals surface area (Å²) in [6, 6.07) is -2.27. The van der Waals surface area contributed by atoms with Gasteiger partial charge in [-0.3, -0.25) is 19.3 Å². The predicted molar refractivity (Wildman–Crippen MR) is 85.7 cm³/mol. The lowest BCUT2D eigenvalue weighted by Gasteiger charge is -2.43. The van der Waals surface area contributed by atoms with Crippen LogP contribution >= 0.6 is 12.6 Å². The Labute approximate surface area is 140 Å². The number of ketones is 1. The maximum atomic E-state index is 12.6. The number of carboxylic acids is 1. The third-order valence-corrected chi connectivity index (χ3v) is 4.52. The van der Waals surface area contributed by atoms with E-state index in [2.05, 4.69) is 12.6 Å². The van der Waals surface area contributed by atoms with E-state index in [1.807, 2.05) is 0 Å². The molecule has 1 fully saturated rings. The number of imide groups is 1. The van der Waals surface area contributed by atoms with Crippen LogP contribution in [0.2, 0.25) is 0 Å². The molecule has 1 unspecified atom stereocenters. The number of Topliss-reactive ketones (excluding diaryl/α,β-unsaturated/α-hetero) is 1. The van der Waals surface area contributed by atoms with Gasteiger partial charge < -0.3 is 16.6 Å². The summed E-state index contributed by atoms with van der Waals surface area (Å²) in [5.74, 6) is -5.03. The summed E-state index contributed by atoms with van der Waals surface area (Å²) in [5.41, 5.74) is 9.13. The molecule has 5 N–H and O–H groups in total. The van der Waals surface area contributed by atoms with Crippen LogP contribution in [0, 0.1) is 5.92 Å². The number of likely N-dealkylation sites (tertiary alicyclic amines) is 1. The van der Waals surface area contributed by atoms with Gasteiger partial charge in [-0.05, 0) is 18.8 Å². The van der Waals surface area contributed by atoms with E-state index in [0.717, 1.165) is 0 Å². The van der Waals surface area contributed by atoms with Crippen LogP contribution in [0.4, 0.5) is 0 Å². The zero-order valence-corrected chi connectivity index (χ0v) is 14.1. The number of carbonyl (C=O) groups is 4. The first-order chi connectivity index (χ1) is 10.6. The molecule has 0 aromatic carbocycles. The molecule has 0 aliphatic carbocycles. The topological polar surface area (TPSA) is 144 Å². The van der Waals surface area contributed by atoms with Crippen molar-refractivity contribution in [2.75, 3.05) is 5.75 Å². The molecular formula is C14H23N3O5S. The number of thiol groups is 1. The van der Waals surface area contributed by atoms with Crippen molar-refractivity contribution in [2.45, 2.75) is 50.7 Å². The average molecular weight is 345 g/mol.